The highest BCUT2D eigenvalue weighted by atomic mass is 16.5. The van der Waals surface area contributed by atoms with Crippen LogP contribution in [-0.2, 0) is 17.7 Å². The Kier molecular flexibility index (Phi) is 9.56. The first-order valence-corrected chi connectivity index (χ1v) is 16.1. The smallest absolute Gasteiger partial charge is 0.193 e. The summed E-state index contributed by atoms with van der Waals surface area (Å²) in [6.07, 6.45) is 3.37. The van der Waals surface area contributed by atoms with Gasteiger partial charge in [-0.15, -0.1) is 5.10 Å². The molecule has 0 unspecified atom stereocenters. The molecular weight excluding hydrogens is 622 g/mol. The minimum Gasteiger partial charge on any atom is -0.493 e. The van der Waals surface area contributed by atoms with Crippen molar-refractivity contribution in [3.8, 4) is 34.1 Å². The third kappa shape index (κ3) is 7.77. The molecule has 246 valence electrons. The molecule has 0 amide bonds. The summed E-state index contributed by atoms with van der Waals surface area (Å²) < 4.78 is 31.2. The Balaban J connectivity index is 0.808. The third-order valence-electron chi connectivity index (χ3n) is 7.93. The maximum Gasteiger partial charge on any atom is 0.193 e. The monoisotopic (exact) mass is 655 g/mol. The number of benzene rings is 4. The van der Waals surface area contributed by atoms with E-state index in [9.17, 15) is 9.59 Å². The SMILES string of the molecule is O=c1cc(-c2ccc(OCCOCCn3cc(CCCOc4ccc5c(=O)cc(-c6ccccc6)oc5c4)nn3)cc2)oc2ccccc12. The Morgan fingerprint density at radius 3 is 2.10 bits per heavy atom. The molecule has 0 N–H and O–H groups in total. The third-order valence-corrected chi connectivity index (χ3v) is 7.93. The molecule has 0 aliphatic carbocycles. The maximum absolute atomic E-state index is 12.6. The van der Waals surface area contributed by atoms with Crippen LogP contribution >= 0.6 is 0 Å². The number of hydrogen-bond acceptors (Lipinski definition) is 9. The molecule has 0 aliphatic heterocycles. The summed E-state index contributed by atoms with van der Waals surface area (Å²) >= 11 is 0. The van der Waals surface area contributed by atoms with Crippen molar-refractivity contribution in [3.63, 3.8) is 0 Å². The fraction of sp³-hybridized carbons (Fsp3) is 0.179. The number of fused-ring (bicyclic) bond motifs is 2. The Morgan fingerprint density at radius 2 is 1.29 bits per heavy atom. The summed E-state index contributed by atoms with van der Waals surface area (Å²) in [6, 6.07) is 32.5. The van der Waals surface area contributed by atoms with E-state index in [1.807, 2.05) is 72.9 Å². The molecule has 7 aromatic rings. The van der Waals surface area contributed by atoms with Crippen molar-refractivity contribution in [2.45, 2.75) is 19.4 Å². The predicted octanol–water partition coefficient (Wildman–Crippen LogP) is 6.93. The summed E-state index contributed by atoms with van der Waals surface area (Å²) in [4.78, 5) is 25.0. The minimum atomic E-state index is -0.0909. The molecule has 3 aromatic heterocycles. The van der Waals surface area contributed by atoms with Crippen LogP contribution in [0.25, 0.3) is 44.6 Å². The van der Waals surface area contributed by atoms with Crippen LogP contribution in [-0.4, -0.2) is 41.4 Å². The van der Waals surface area contributed by atoms with Crippen LogP contribution in [0.4, 0.5) is 0 Å². The van der Waals surface area contributed by atoms with Crippen molar-refractivity contribution in [2.75, 3.05) is 26.4 Å². The molecule has 0 fully saturated rings. The van der Waals surface area contributed by atoms with E-state index in [-0.39, 0.29) is 10.9 Å². The van der Waals surface area contributed by atoms with E-state index in [1.54, 1.807) is 35.0 Å². The topological polar surface area (TPSA) is 119 Å². The van der Waals surface area contributed by atoms with Crippen LogP contribution in [0.5, 0.6) is 11.5 Å². The number of hydrogen-bond donors (Lipinski definition) is 0. The van der Waals surface area contributed by atoms with Gasteiger partial charge in [0.05, 0.1) is 42.8 Å². The van der Waals surface area contributed by atoms with Gasteiger partial charge < -0.3 is 23.0 Å². The molecule has 0 radical (unpaired) electrons. The van der Waals surface area contributed by atoms with E-state index in [0.717, 1.165) is 23.2 Å². The second-order valence-electron chi connectivity index (χ2n) is 11.4. The summed E-state index contributed by atoms with van der Waals surface area (Å²) in [7, 11) is 0. The standard InChI is InChI=1S/C39H33N3O7/c43-34-24-38(48-36-11-5-4-10-32(34)36)28-12-14-30(15-13-28)47-22-21-45-20-18-42-26-29(40-41-42)9-6-19-46-31-16-17-33-35(44)25-37(49-39(33)23-31)27-7-2-1-3-8-27/h1-5,7-8,10-17,23-26H,6,9,18-22H2. The van der Waals surface area contributed by atoms with Gasteiger partial charge in [-0.3, -0.25) is 9.59 Å². The molecule has 0 saturated carbocycles. The van der Waals surface area contributed by atoms with E-state index in [1.165, 1.54) is 12.1 Å². The molecule has 10 nitrogen and oxygen atoms in total. The van der Waals surface area contributed by atoms with Crippen molar-refractivity contribution >= 4 is 21.9 Å². The molecule has 0 saturated heterocycles. The molecule has 0 aliphatic rings. The summed E-state index contributed by atoms with van der Waals surface area (Å²) in [5.41, 5.74) is 3.40. The average Bonchev–Trinajstić information content (AvgIpc) is 3.59. The second-order valence-corrected chi connectivity index (χ2v) is 11.4. The fourth-order valence-corrected chi connectivity index (χ4v) is 5.42. The number of rotatable bonds is 14. The van der Waals surface area contributed by atoms with Crippen LogP contribution < -0.4 is 20.3 Å². The van der Waals surface area contributed by atoms with Crippen molar-refractivity contribution in [1.82, 2.24) is 15.0 Å². The molecule has 0 spiro atoms. The van der Waals surface area contributed by atoms with Gasteiger partial charge in [0.1, 0.15) is 40.8 Å². The zero-order valence-corrected chi connectivity index (χ0v) is 26.6. The Bertz CT molecular complexity index is 2290. The Labute approximate surface area is 281 Å². The van der Waals surface area contributed by atoms with Gasteiger partial charge in [0, 0.05) is 35.5 Å². The zero-order chi connectivity index (χ0) is 33.4. The highest BCUT2D eigenvalue weighted by Gasteiger charge is 2.10. The molecule has 7 rings (SSSR count). The number of para-hydroxylation sites is 1. The van der Waals surface area contributed by atoms with Crippen LogP contribution in [0.3, 0.4) is 0 Å². The first-order chi connectivity index (χ1) is 24.1. The van der Waals surface area contributed by atoms with Crippen LogP contribution in [0, 0.1) is 0 Å². The second kappa shape index (κ2) is 14.8. The first kappa shape index (κ1) is 31.6. The molecule has 10 heteroatoms. The molecular formula is C39H33N3O7. The van der Waals surface area contributed by atoms with E-state index >= 15 is 0 Å². The molecule has 4 aromatic carbocycles. The summed E-state index contributed by atoms with van der Waals surface area (Å²) in [6.45, 7) is 2.34. The normalized spacial score (nSPS) is 11.3. The van der Waals surface area contributed by atoms with E-state index in [0.29, 0.717) is 84.4 Å². The van der Waals surface area contributed by atoms with E-state index < -0.39 is 0 Å². The van der Waals surface area contributed by atoms with Crippen LogP contribution in [0.2, 0.25) is 0 Å². The highest BCUT2D eigenvalue weighted by molar-refractivity contribution is 5.80. The van der Waals surface area contributed by atoms with Gasteiger partial charge in [0.15, 0.2) is 10.9 Å². The molecule has 0 bridgehead atoms. The number of ether oxygens (including phenoxy) is 3. The largest absolute Gasteiger partial charge is 0.493 e. The quantitative estimate of drug-likeness (QED) is 0.115. The molecule has 3 heterocycles. The lowest BCUT2D eigenvalue weighted by Crippen LogP contribution is -2.11. The van der Waals surface area contributed by atoms with Gasteiger partial charge in [-0.25, -0.2) is 4.68 Å². The number of aryl methyl sites for hydroxylation is 1. The summed E-state index contributed by atoms with van der Waals surface area (Å²) in [5.74, 6) is 2.37. The lowest BCUT2D eigenvalue weighted by molar-refractivity contribution is 0.0923. The van der Waals surface area contributed by atoms with Gasteiger partial charge in [0.2, 0.25) is 0 Å². The predicted molar refractivity (Wildman–Crippen MR) is 186 cm³/mol. The van der Waals surface area contributed by atoms with Crippen molar-refractivity contribution in [3.05, 3.63) is 142 Å². The Morgan fingerprint density at radius 1 is 0.612 bits per heavy atom. The highest BCUT2D eigenvalue weighted by Crippen LogP contribution is 2.26. The van der Waals surface area contributed by atoms with Crippen LogP contribution in [0.15, 0.2) is 134 Å². The number of nitrogens with zero attached hydrogens (tertiary/aromatic N) is 3. The van der Waals surface area contributed by atoms with Crippen LogP contribution in [0.1, 0.15) is 12.1 Å². The molecule has 0 atom stereocenters. The Hall–Kier alpha value is -6.00. The van der Waals surface area contributed by atoms with Gasteiger partial charge in [0.25, 0.3) is 0 Å². The van der Waals surface area contributed by atoms with Crippen molar-refractivity contribution in [2.24, 2.45) is 0 Å². The van der Waals surface area contributed by atoms with Gasteiger partial charge in [-0.1, -0.05) is 47.7 Å². The molecule has 49 heavy (non-hydrogen) atoms. The minimum absolute atomic E-state index is 0.0728. The zero-order valence-electron chi connectivity index (χ0n) is 26.6. The van der Waals surface area contributed by atoms with Gasteiger partial charge in [-0.05, 0) is 61.4 Å². The van der Waals surface area contributed by atoms with Crippen molar-refractivity contribution < 1.29 is 23.0 Å². The summed E-state index contributed by atoms with van der Waals surface area (Å²) in [5, 5.41) is 9.53. The van der Waals surface area contributed by atoms with E-state index in [4.69, 9.17) is 23.0 Å². The van der Waals surface area contributed by atoms with Gasteiger partial charge in [-0.2, -0.15) is 0 Å². The maximum atomic E-state index is 12.6. The fourth-order valence-electron chi connectivity index (χ4n) is 5.42. The van der Waals surface area contributed by atoms with Gasteiger partial charge >= 0.3 is 0 Å². The average molecular weight is 656 g/mol. The van der Waals surface area contributed by atoms with Crippen molar-refractivity contribution in [1.29, 1.82) is 0 Å². The first-order valence-electron chi connectivity index (χ1n) is 16.1. The van der Waals surface area contributed by atoms with E-state index in [2.05, 4.69) is 10.3 Å². The lowest BCUT2D eigenvalue weighted by Gasteiger charge is -2.08. The lowest BCUT2D eigenvalue weighted by atomic mass is 10.1. The number of aromatic nitrogens is 3.